The number of halogens is 5. The summed E-state index contributed by atoms with van der Waals surface area (Å²) in [5.74, 6) is -10.1. The molecule has 0 radical (unpaired) electrons. The van der Waals surface area contributed by atoms with Gasteiger partial charge in [0.25, 0.3) is 0 Å². The lowest BCUT2D eigenvalue weighted by molar-refractivity contribution is 0.103. The molecule has 0 spiro atoms. The Morgan fingerprint density at radius 1 is 0.667 bits per heavy atom. The van der Waals surface area contributed by atoms with Crippen LogP contribution in [0.15, 0.2) is 72.8 Å². The highest BCUT2D eigenvalue weighted by atomic mass is 19.2. The van der Waals surface area contributed by atoms with Crippen molar-refractivity contribution in [3.05, 3.63) is 113 Å². The predicted octanol–water partition coefficient (Wildman–Crippen LogP) is 6.78. The molecule has 0 aliphatic carbocycles. The maximum absolute atomic E-state index is 14.1. The predicted molar refractivity (Wildman–Crippen MR) is 110 cm³/mol. The minimum atomic E-state index is -2.24. The molecule has 3 nitrogen and oxygen atoms in total. The van der Waals surface area contributed by atoms with Crippen molar-refractivity contribution in [3.8, 4) is 28.4 Å². The smallest absolute Gasteiger partial charge is 0.200 e. The molecule has 33 heavy (non-hydrogen) atoms. The third-order valence-electron chi connectivity index (χ3n) is 4.84. The van der Waals surface area contributed by atoms with Gasteiger partial charge in [-0.15, -0.1) is 0 Å². The van der Waals surface area contributed by atoms with E-state index in [4.69, 9.17) is 4.74 Å². The fraction of sp³-hybridized carbons (Fsp3) is 0. The summed E-state index contributed by atoms with van der Waals surface area (Å²) in [6, 6.07) is 16.8. The molecular formula is C25H13F5O3. The zero-order chi connectivity index (χ0) is 23.7. The van der Waals surface area contributed by atoms with Gasteiger partial charge in [-0.05, 0) is 42.0 Å². The number of phenolic OH excluding ortho intramolecular Hbond substituents is 1. The fourth-order valence-electron chi connectivity index (χ4n) is 3.19. The molecule has 0 unspecified atom stereocenters. The van der Waals surface area contributed by atoms with Gasteiger partial charge >= 0.3 is 0 Å². The van der Waals surface area contributed by atoms with Crippen molar-refractivity contribution < 1.29 is 36.6 Å². The molecule has 0 aliphatic rings. The van der Waals surface area contributed by atoms with E-state index < -0.39 is 40.4 Å². The molecule has 8 heteroatoms. The zero-order valence-corrected chi connectivity index (χ0v) is 16.6. The lowest BCUT2D eigenvalue weighted by Gasteiger charge is -2.12. The van der Waals surface area contributed by atoms with Gasteiger partial charge in [0, 0.05) is 5.56 Å². The molecule has 0 bridgehead atoms. The molecule has 4 aromatic carbocycles. The number of aromatic hydroxyl groups is 1. The molecule has 1 N–H and O–H groups in total. The number of para-hydroxylation sites is 1. The van der Waals surface area contributed by atoms with Crippen LogP contribution in [0.5, 0.6) is 17.2 Å². The molecule has 166 valence electrons. The molecule has 4 aromatic rings. The second-order valence-corrected chi connectivity index (χ2v) is 6.94. The minimum Gasteiger partial charge on any atom is -0.508 e. The number of hydrogen-bond donors (Lipinski definition) is 1. The van der Waals surface area contributed by atoms with Crippen LogP contribution in [0.25, 0.3) is 11.1 Å². The van der Waals surface area contributed by atoms with Gasteiger partial charge in [0.1, 0.15) is 17.2 Å². The van der Waals surface area contributed by atoms with E-state index in [0.717, 1.165) is 12.1 Å². The molecule has 0 saturated heterocycles. The summed E-state index contributed by atoms with van der Waals surface area (Å²) in [4.78, 5) is 13.0. The lowest BCUT2D eigenvalue weighted by Crippen LogP contribution is -2.05. The normalized spacial score (nSPS) is 10.8. The van der Waals surface area contributed by atoms with Crippen LogP contribution < -0.4 is 4.74 Å². The van der Waals surface area contributed by atoms with Crippen LogP contribution >= 0.6 is 0 Å². The van der Waals surface area contributed by atoms with Gasteiger partial charge in [0.15, 0.2) is 29.1 Å². The molecule has 0 aliphatic heterocycles. The van der Waals surface area contributed by atoms with Crippen molar-refractivity contribution in [2.24, 2.45) is 0 Å². The largest absolute Gasteiger partial charge is 0.508 e. The average Bonchev–Trinajstić information content (AvgIpc) is 2.83. The number of ketones is 1. The van der Waals surface area contributed by atoms with Crippen molar-refractivity contribution in [3.63, 3.8) is 0 Å². The summed E-state index contributed by atoms with van der Waals surface area (Å²) < 4.78 is 74.2. The maximum atomic E-state index is 14.1. The maximum Gasteiger partial charge on any atom is 0.200 e. The van der Waals surface area contributed by atoms with Crippen LogP contribution in [0, 0.1) is 29.1 Å². The second-order valence-electron chi connectivity index (χ2n) is 6.94. The summed E-state index contributed by atoms with van der Waals surface area (Å²) in [6.07, 6.45) is 0. The number of hydrogen-bond acceptors (Lipinski definition) is 3. The van der Waals surface area contributed by atoms with E-state index in [1.54, 1.807) is 18.2 Å². The lowest BCUT2D eigenvalue weighted by atomic mass is 9.98. The SMILES string of the molecule is O=C(c1ccc(-c2c(F)c(F)c(F)c(F)c2F)cc1)c1ccccc1Oc1ccc(O)cc1. The van der Waals surface area contributed by atoms with E-state index in [9.17, 15) is 31.9 Å². The Morgan fingerprint density at radius 2 is 1.21 bits per heavy atom. The van der Waals surface area contributed by atoms with Gasteiger partial charge in [-0.25, -0.2) is 22.0 Å². The van der Waals surface area contributed by atoms with Crippen LogP contribution in [0.1, 0.15) is 15.9 Å². The number of rotatable bonds is 5. The van der Waals surface area contributed by atoms with Crippen molar-refractivity contribution in [1.29, 1.82) is 0 Å². The summed E-state index contributed by atoms with van der Waals surface area (Å²) in [7, 11) is 0. The van der Waals surface area contributed by atoms with Crippen LogP contribution in [0.4, 0.5) is 22.0 Å². The van der Waals surface area contributed by atoms with E-state index in [1.165, 1.54) is 42.5 Å². The first-order chi connectivity index (χ1) is 15.8. The Kier molecular flexibility index (Phi) is 5.83. The van der Waals surface area contributed by atoms with Crippen LogP contribution in [0.2, 0.25) is 0 Å². The van der Waals surface area contributed by atoms with Crippen molar-refractivity contribution in [2.75, 3.05) is 0 Å². The van der Waals surface area contributed by atoms with Gasteiger partial charge in [-0.2, -0.15) is 0 Å². The first-order valence-electron chi connectivity index (χ1n) is 9.50. The van der Waals surface area contributed by atoms with E-state index in [1.807, 2.05) is 0 Å². The van der Waals surface area contributed by atoms with Gasteiger partial charge in [-0.3, -0.25) is 4.79 Å². The number of benzene rings is 4. The summed E-state index contributed by atoms with van der Waals surface area (Å²) in [5, 5.41) is 9.38. The highest BCUT2D eigenvalue weighted by Gasteiger charge is 2.26. The highest BCUT2D eigenvalue weighted by Crippen LogP contribution is 2.33. The molecule has 0 aromatic heterocycles. The highest BCUT2D eigenvalue weighted by molar-refractivity contribution is 6.11. The number of carbonyl (C=O) groups excluding carboxylic acids is 1. The zero-order valence-electron chi connectivity index (χ0n) is 16.6. The monoisotopic (exact) mass is 456 g/mol. The topological polar surface area (TPSA) is 46.5 Å². The van der Waals surface area contributed by atoms with Gasteiger partial charge in [0.05, 0.1) is 11.1 Å². The molecule has 0 fully saturated rings. The van der Waals surface area contributed by atoms with Gasteiger partial charge < -0.3 is 9.84 Å². The van der Waals surface area contributed by atoms with Crippen molar-refractivity contribution >= 4 is 5.78 Å². The fourth-order valence-corrected chi connectivity index (χ4v) is 3.19. The average molecular weight is 456 g/mol. The van der Waals surface area contributed by atoms with E-state index >= 15 is 0 Å². The van der Waals surface area contributed by atoms with Crippen LogP contribution in [-0.4, -0.2) is 10.9 Å². The Hall–Kier alpha value is -4.20. The number of ether oxygens (including phenoxy) is 1. The first-order valence-corrected chi connectivity index (χ1v) is 9.50. The Labute approximate surface area is 184 Å². The Bertz CT molecular complexity index is 1320. The molecular weight excluding hydrogens is 443 g/mol. The second kappa shape index (κ2) is 8.74. The van der Waals surface area contributed by atoms with Crippen molar-refractivity contribution in [2.45, 2.75) is 0 Å². The third kappa shape index (κ3) is 4.15. The summed E-state index contributed by atoms with van der Waals surface area (Å²) in [5.41, 5.74) is -1.09. The number of carbonyl (C=O) groups is 1. The summed E-state index contributed by atoms with van der Waals surface area (Å²) in [6.45, 7) is 0. The standard InChI is InChI=1S/C25H13F5O3/c26-20-19(21(27)23(29)24(30)22(20)28)13-5-7-14(8-6-13)25(32)17-3-1-2-4-18(17)33-16-11-9-15(31)10-12-16/h1-12,31H. The van der Waals surface area contributed by atoms with Gasteiger partial charge in [-0.1, -0.05) is 36.4 Å². The van der Waals surface area contributed by atoms with E-state index in [-0.39, 0.29) is 28.2 Å². The number of phenols is 1. The quantitative estimate of drug-likeness (QED) is 0.156. The van der Waals surface area contributed by atoms with Crippen LogP contribution in [0.3, 0.4) is 0 Å². The molecule has 0 atom stereocenters. The first kappa shape index (κ1) is 22.0. The van der Waals surface area contributed by atoms with E-state index in [2.05, 4.69) is 0 Å². The molecule has 0 heterocycles. The molecule has 0 saturated carbocycles. The van der Waals surface area contributed by atoms with E-state index in [0.29, 0.717) is 5.75 Å². The summed E-state index contributed by atoms with van der Waals surface area (Å²) >= 11 is 0. The Morgan fingerprint density at radius 3 is 1.82 bits per heavy atom. The van der Waals surface area contributed by atoms with Gasteiger partial charge in [0.2, 0.25) is 5.82 Å². The Balaban J connectivity index is 1.67. The van der Waals surface area contributed by atoms with Crippen molar-refractivity contribution in [1.82, 2.24) is 0 Å². The molecule has 0 amide bonds. The third-order valence-corrected chi connectivity index (χ3v) is 4.84. The minimum absolute atomic E-state index is 0.0422. The molecule has 4 rings (SSSR count). The van der Waals surface area contributed by atoms with Crippen LogP contribution in [-0.2, 0) is 0 Å².